The number of nitro benzene ring substituents is 1. The van der Waals surface area contributed by atoms with Gasteiger partial charge in [0.15, 0.2) is 12.4 Å². The Balaban J connectivity index is 1.67. The molecule has 0 radical (unpaired) electrons. The van der Waals surface area contributed by atoms with Gasteiger partial charge in [0.1, 0.15) is 11.4 Å². The fraction of sp³-hybridized carbons (Fsp3) is 0.158. The molecular formula is C19H15F3N4O4. The van der Waals surface area contributed by atoms with Gasteiger partial charge >= 0.3 is 6.18 Å². The molecule has 0 aliphatic heterocycles. The molecule has 1 heterocycles. The smallest absolute Gasteiger partial charge is 0.416 e. The molecule has 1 N–H and O–H groups in total. The average Bonchev–Trinajstić information content (AvgIpc) is 3.16. The Kier molecular flexibility index (Phi) is 5.72. The second-order valence-electron chi connectivity index (χ2n) is 6.27. The number of carbonyl (C=O) groups is 1. The van der Waals surface area contributed by atoms with Crippen LogP contribution in [0, 0.1) is 17.0 Å². The molecule has 3 aromatic rings. The summed E-state index contributed by atoms with van der Waals surface area (Å²) in [6.45, 7) is 1.45. The van der Waals surface area contributed by atoms with Gasteiger partial charge in [-0.2, -0.15) is 18.3 Å². The third-order valence-electron chi connectivity index (χ3n) is 4.00. The van der Waals surface area contributed by atoms with Crippen LogP contribution in [0.25, 0.3) is 0 Å². The van der Waals surface area contributed by atoms with E-state index >= 15 is 0 Å². The first-order chi connectivity index (χ1) is 14.1. The fourth-order valence-corrected chi connectivity index (χ4v) is 2.54. The second kappa shape index (κ2) is 8.23. The summed E-state index contributed by atoms with van der Waals surface area (Å²) in [4.78, 5) is 22.9. The SMILES string of the molecule is Cc1ccc(NC(=O)c2ccn(COc3cccc(C(F)(F)F)c3)n2)c([N+](=O)[O-])c1. The summed E-state index contributed by atoms with van der Waals surface area (Å²) in [6, 6.07) is 10.1. The highest BCUT2D eigenvalue weighted by molar-refractivity contribution is 6.04. The summed E-state index contributed by atoms with van der Waals surface area (Å²) >= 11 is 0. The van der Waals surface area contributed by atoms with Gasteiger partial charge < -0.3 is 10.1 Å². The van der Waals surface area contributed by atoms with E-state index in [0.29, 0.717) is 5.56 Å². The van der Waals surface area contributed by atoms with Gasteiger partial charge in [0.05, 0.1) is 10.5 Å². The van der Waals surface area contributed by atoms with Crippen molar-refractivity contribution in [3.63, 3.8) is 0 Å². The molecule has 1 amide bonds. The first-order valence-electron chi connectivity index (χ1n) is 8.53. The number of hydrogen-bond acceptors (Lipinski definition) is 5. The molecule has 8 nitrogen and oxygen atoms in total. The summed E-state index contributed by atoms with van der Waals surface area (Å²) < 4.78 is 44.7. The van der Waals surface area contributed by atoms with Gasteiger partial charge in [0, 0.05) is 12.3 Å². The van der Waals surface area contributed by atoms with E-state index in [-0.39, 0.29) is 29.5 Å². The van der Waals surface area contributed by atoms with E-state index in [1.54, 1.807) is 13.0 Å². The number of nitrogens with one attached hydrogen (secondary N) is 1. The molecule has 0 unspecified atom stereocenters. The summed E-state index contributed by atoms with van der Waals surface area (Å²) in [5, 5.41) is 17.5. The molecule has 0 bridgehead atoms. The molecule has 0 aliphatic carbocycles. The number of alkyl halides is 3. The van der Waals surface area contributed by atoms with Crippen molar-refractivity contribution in [1.29, 1.82) is 0 Å². The third kappa shape index (κ3) is 4.93. The van der Waals surface area contributed by atoms with Crippen LogP contribution in [0.1, 0.15) is 21.6 Å². The second-order valence-corrected chi connectivity index (χ2v) is 6.27. The molecule has 2 aromatic carbocycles. The molecule has 0 fully saturated rings. The highest BCUT2D eigenvalue weighted by atomic mass is 19.4. The van der Waals surface area contributed by atoms with E-state index in [4.69, 9.17) is 4.74 Å². The van der Waals surface area contributed by atoms with Gasteiger partial charge in [-0.3, -0.25) is 14.9 Å². The number of nitro groups is 1. The number of anilines is 1. The zero-order valence-electron chi connectivity index (χ0n) is 15.5. The Labute approximate surface area is 168 Å². The van der Waals surface area contributed by atoms with Crippen LogP contribution < -0.4 is 10.1 Å². The average molecular weight is 420 g/mol. The number of benzene rings is 2. The first-order valence-corrected chi connectivity index (χ1v) is 8.53. The van der Waals surface area contributed by atoms with E-state index in [2.05, 4.69) is 10.4 Å². The van der Waals surface area contributed by atoms with Gasteiger partial charge in [-0.15, -0.1) is 0 Å². The lowest BCUT2D eigenvalue weighted by atomic mass is 10.2. The van der Waals surface area contributed by atoms with E-state index in [9.17, 15) is 28.1 Å². The number of aryl methyl sites for hydroxylation is 1. The summed E-state index contributed by atoms with van der Waals surface area (Å²) in [7, 11) is 0. The van der Waals surface area contributed by atoms with E-state index < -0.39 is 22.6 Å². The number of rotatable bonds is 6. The monoisotopic (exact) mass is 420 g/mol. The molecule has 0 aliphatic rings. The van der Waals surface area contributed by atoms with Crippen molar-refractivity contribution >= 4 is 17.3 Å². The van der Waals surface area contributed by atoms with Gasteiger partial charge in [0.25, 0.3) is 11.6 Å². The lowest BCUT2D eigenvalue weighted by Gasteiger charge is -2.10. The normalized spacial score (nSPS) is 11.2. The molecule has 0 saturated carbocycles. The Morgan fingerprint density at radius 1 is 1.23 bits per heavy atom. The van der Waals surface area contributed by atoms with Crippen LogP contribution in [0.5, 0.6) is 5.75 Å². The molecule has 0 spiro atoms. The topological polar surface area (TPSA) is 99.3 Å². The maximum absolute atomic E-state index is 12.7. The van der Waals surface area contributed by atoms with Crippen molar-refractivity contribution in [2.24, 2.45) is 0 Å². The Morgan fingerprint density at radius 2 is 2.00 bits per heavy atom. The van der Waals surface area contributed by atoms with E-state index in [0.717, 1.165) is 12.1 Å². The highest BCUT2D eigenvalue weighted by Gasteiger charge is 2.30. The van der Waals surface area contributed by atoms with Gasteiger partial charge in [-0.1, -0.05) is 12.1 Å². The van der Waals surface area contributed by atoms with Gasteiger partial charge in [-0.25, -0.2) is 4.68 Å². The minimum atomic E-state index is -4.49. The molecule has 156 valence electrons. The maximum atomic E-state index is 12.7. The zero-order chi connectivity index (χ0) is 21.9. The predicted molar refractivity (Wildman–Crippen MR) is 100 cm³/mol. The predicted octanol–water partition coefficient (Wildman–Crippen LogP) is 4.41. The number of ether oxygens (including phenoxy) is 1. The van der Waals surface area contributed by atoms with Crippen LogP contribution in [0.3, 0.4) is 0 Å². The quantitative estimate of drug-likeness (QED) is 0.471. The van der Waals surface area contributed by atoms with E-state index in [1.165, 1.54) is 41.2 Å². The maximum Gasteiger partial charge on any atom is 0.416 e. The first kappa shape index (κ1) is 20.8. The zero-order valence-corrected chi connectivity index (χ0v) is 15.5. The Bertz CT molecular complexity index is 1100. The van der Waals surface area contributed by atoms with Crippen LogP contribution in [-0.2, 0) is 12.9 Å². The van der Waals surface area contributed by atoms with Crippen molar-refractivity contribution < 1.29 is 27.6 Å². The summed E-state index contributed by atoms with van der Waals surface area (Å²) in [5.41, 5.74) is -0.463. The van der Waals surface area contributed by atoms with Crippen LogP contribution in [0.2, 0.25) is 0 Å². The van der Waals surface area contributed by atoms with Crippen molar-refractivity contribution in [3.05, 3.63) is 81.7 Å². The van der Waals surface area contributed by atoms with Crippen molar-refractivity contribution in [3.8, 4) is 5.75 Å². The van der Waals surface area contributed by atoms with Crippen LogP contribution >= 0.6 is 0 Å². The molecule has 3 rings (SSSR count). The minimum Gasteiger partial charge on any atom is -0.471 e. The Hall–Kier alpha value is -3.89. The highest BCUT2D eigenvalue weighted by Crippen LogP contribution is 2.31. The van der Waals surface area contributed by atoms with Crippen LogP contribution in [-0.4, -0.2) is 20.6 Å². The van der Waals surface area contributed by atoms with Gasteiger partial charge in [0.2, 0.25) is 0 Å². The summed E-state index contributed by atoms with van der Waals surface area (Å²) in [6.07, 6.45) is -3.10. The number of hydrogen-bond donors (Lipinski definition) is 1. The molecule has 0 atom stereocenters. The standard InChI is InChI=1S/C19H15F3N4O4/c1-12-5-6-15(17(9-12)26(28)29)23-18(27)16-7-8-25(24-16)11-30-14-4-2-3-13(10-14)19(20,21)22/h2-10H,11H2,1H3,(H,23,27). The molecule has 0 saturated heterocycles. The third-order valence-corrected chi connectivity index (χ3v) is 4.00. The van der Waals surface area contributed by atoms with Crippen LogP contribution in [0.15, 0.2) is 54.7 Å². The lowest BCUT2D eigenvalue weighted by Crippen LogP contribution is -2.15. The summed E-state index contributed by atoms with van der Waals surface area (Å²) in [5.74, 6) is -0.693. The van der Waals surface area contributed by atoms with Gasteiger partial charge in [-0.05, 0) is 42.8 Å². The van der Waals surface area contributed by atoms with E-state index in [1.807, 2.05) is 0 Å². The number of halogens is 3. The Morgan fingerprint density at radius 3 is 2.70 bits per heavy atom. The number of nitrogens with zero attached hydrogens (tertiary/aromatic N) is 3. The molecular weight excluding hydrogens is 405 g/mol. The lowest BCUT2D eigenvalue weighted by molar-refractivity contribution is -0.384. The molecule has 11 heteroatoms. The van der Waals surface area contributed by atoms with Crippen molar-refractivity contribution in [2.75, 3.05) is 5.32 Å². The molecule has 30 heavy (non-hydrogen) atoms. The van der Waals surface area contributed by atoms with Crippen molar-refractivity contribution in [1.82, 2.24) is 9.78 Å². The number of carbonyl (C=O) groups excluding carboxylic acids is 1. The number of amides is 1. The minimum absolute atomic E-state index is 0.0124. The number of aromatic nitrogens is 2. The van der Waals surface area contributed by atoms with Crippen molar-refractivity contribution in [2.45, 2.75) is 19.8 Å². The fourth-order valence-electron chi connectivity index (χ4n) is 2.54. The van der Waals surface area contributed by atoms with Crippen LogP contribution in [0.4, 0.5) is 24.5 Å². The largest absolute Gasteiger partial charge is 0.471 e. The molecule has 1 aromatic heterocycles.